The van der Waals surface area contributed by atoms with Gasteiger partial charge < -0.3 is 30.1 Å². The van der Waals surface area contributed by atoms with Gasteiger partial charge in [0, 0.05) is 18.9 Å². The van der Waals surface area contributed by atoms with Crippen molar-refractivity contribution in [1.29, 1.82) is 0 Å². The van der Waals surface area contributed by atoms with Gasteiger partial charge in [0.05, 0.1) is 12.9 Å². The van der Waals surface area contributed by atoms with E-state index in [0.717, 1.165) is 0 Å². The molecule has 4 atom stereocenters. The number of methoxy groups -OCH3 is 1. The van der Waals surface area contributed by atoms with Gasteiger partial charge in [0.25, 0.3) is 0 Å². The van der Waals surface area contributed by atoms with E-state index in [1.807, 2.05) is 0 Å². The molecule has 1 saturated heterocycles. The van der Waals surface area contributed by atoms with E-state index in [1.165, 1.54) is 13.4 Å². The van der Waals surface area contributed by atoms with Gasteiger partial charge in [0.2, 0.25) is 0 Å². The van der Waals surface area contributed by atoms with Gasteiger partial charge in [-0.1, -0.05) is 6.07 Å². The zero-order chi connectivity index (χ0) is 19.8. The van der Waals surface area contributed by atoms with Gasteiger partial charge in [-0.3, -0.25) is 4.57 Å². The summed E-state index contributed by atoms with van der Waals surface area (Å²) in [6.45, 7) is 1.89. The van der Waals surface area contributed by atoms with Gasteiger partial charge in [-0.25, -0.2) is 15.0 Å². The molecule has 0 radical (unpaired) electrons. The third-order valence-electron chi connectivity index (χ3n) is 4.58. The lowest BCUT2D eigenvalue weighted by Crippen LogP contribution is -2.33. The van der Waals surface area contributed by atoms with Crippen LogP contribution < -0.4 is 5.32 Å². The minimum absolute atomic E-state index is 0.123. The fraction of sp³-hybridized carbons (Fsp3) is 0.389. The number of phenolic OH excluding ortho intramolecular Hbond substituents is 1. The average molecular weight is 387 g/mol. The van der Waals surface area contributed by atoms with Crippen LogP contribution in [0.15, 0.2) is 30.6 Å². The number of aryl methyl sites for hydroxylation is 1. The minimum Gasteiger partial charge on any atom is -0.508 e. The van der Waals surface area contributed by atoms with E-state index in [4.69, 9.17) is 9.47 Å². The van der Waals surface area contributed by atoms with Crippen LogP contribution in [-0.2, 0) is 9.47 Å². The molecule has 0 amide bonds. The van der Waals surface area contributed by atoms with Crippen molar-refractivity contribution in [2.75, 3.05) is 19.0 Å². The second kappa shape index (κ2) is 7.32. The van der Waals surface area contributed by atoms with E-state index < -0.39 is 24.5 Å². The molecule has 2 unspecified atom stereocenters. The molecule has 0 saturated carbocycles. The number of phenols is 1. The Bertz CT molecular complexity index is 994. The Balaban J connectivity index is 1.71. The highest BCUT2D eigenvalue weighted by Crippen LogP contribution is 2.33. The van der Waals surface area contributed by atoms with E-state index in [2.05, 4.69) is 20.3 Å². The third-order valence-corrected chi connectivity index (χ3v) is 4.58. The number of aliphatic hydroxyl groups is 2. The molecule has 4 N–H and O–H groups in total. The smallest absolute Gasteiger partial charge is 0.167 e. The minimum atomic E-state index is -1.16. The van der Waals surface area contributed by atoms with E-state index in [1.54, 1.807) is 35.8 Å². The van der Waals surface area contributed by atoms with Crippen LogP contribution in [-0.4, -0.2) is 66.9 Å². The van der Waals surface area contributed by atoms with Crippen molar-refractivity contribution in [3.63, 3.8) is 0 Å². The topological polar surface area (TPSA) is 135 Å². The number of imidazole rings is 1. The van der Waals surface area contributed by atoms with Crippen molar-refractivity contribution < 1.29 is 24.8 Å². The van der Waals surface area contributed by atoms with Crippen molar-refractivity contribution in [2.24, 2.45) is 0 Å². The van der Waals surface area contributed by atoms with Crippen LogP contribution >= 0.6 is 0 Å². The number of anilines is 2. The fourth-order valence-electron chi connectivity index (χ4n) is 3.28. The molecule has 1 aromatic carbocycles. The normalized spacial score (nSPS) is 24.7. The molecule has 0 bridgehead atoms. The van der Waals surface area contributed by atoms with Gasteiger partial charge in [0.1, 0.15) is 29.9 Å². The lowest BCUT2D eigenvalue weighted by Gasteiger charge is -2.17. The van der Waals surface area contributed by atoms with Gasteiger partial charge in [0.15, 0.2) is 23.2 Å². The number of hydrogen-bond donors (Lipinski definition) is 4. The molecule has 1 fully saturated rings. The van der Waals surface area contributed by atoms with Crippen LogP contribution in [0, 0.1) is 6.92 Å². The molecule has 3 heterocycles. The Hall–Kier alpha value is -2.79. The maximum atomic E-state index is 10.4. The maximum absolute atomic E-state index is 10.4. The van der Waals surface area contributed by atoms with Crippen LogP contribution in [0.4, 0.5) is 11.5 Å². The fourth-order valence-corrected chi connectivity index (χ4v) is 3.28. The molecular weight excluding hydrogens is 366 g/mol. The number of aromatic nitrogens is 4. The van der Waals surface area contributed by atoms with Crippen molar-refractivity contribution in [2.45, 2.75) is 31.5 Å². The van der Waals surface area contributed by atoms with Crippen LogP contribution in [0.2, 0.25) is 0 Å². The number of rotatable bonds is 5. The van der Waals surface area contributed by atoms with Gasteiger partial charge in [-0.15, -0.1) is 0 Å². The summed E-state index contributed by atoms with van der Waals surface area (Å²) in [6.07, 6.45) is -2.27. The molecule has 0 spiro atoms. The molecule has 1 aliphatic heterocycles. The molecule has 1 aliphatic rings. The molecule has 148 valence electrons. The molecule has 10 nitrogen and oxygen atoms in total. The molecule has 4 rings (SSSR count). The lowest BCUT2D eigenvalue weighted by molar-refractivity contribution is -0.0580. The Morgan fingerprint density at radius 1 is 1.25 bits per heavy atom. The first kappa shape index (κ1) is 18.6. The second-order valence-corrected chi connectivity index (χ2v) is 6.62. The van der Waals surface area contributed by atoms with Crippen molar-refractivity contribution in [3.8, 4) is 5.75 Å². The first-order valence-electron chi connectivity index (χ1n) is 8.75. The Morgan fingerprint density at radius 2 is 2.07 bits per heavy atom. The maximum Gasteiger partial charge on any atom is 0.167 e. The van der Waals surface area contributed by atoms with Crippen LogP contribution in [0.25, 0.3) is 11.2 Å². The second-order valence-electron chi connectivity index (χ2n) is 6.62. The van der Waals surface area contributed by atoms with Gasteiger partial charge >= 0.3 is 0 Å². The molecule has 3 aromatic rings. The summed E-state index contributed by atoms with van der Waals surface area (Å²) in [7, 11) is 1.50. The van der Waals surface area contributed by atoms with Crippen molar-refractivity contribution in [1.82, 2.24) is 19.5 Å². The number of hydrogen-bond acceptors (Lipinski definition) is 9. The molecule has 2 aromatic heterocycles. The third kappa shape index (κ3) is 3.27. The van der Waals surface area contributed by atoms with E-state index >= 15 is 0 Å². The van der Waals surface area contributed by atoms with E-state index in [0.29, 0.717) is 28.5 Å². The van der Waals surface area contributed by atoms with Gasteiger partial charge in [-0.2, -0.15) is 0 Å². The Labute approximate surface area is 160 Å². The predicted molar refractivity (Wildman–Crippen MR) is 99.2 cm³/mol. The number of benzene rings is 1. The zero-order valence-corrected chi connectivity index (χ0v) is 15.4. The highest BCUT2D eigenvalue weighted by atomic mass is 16.6. The number of nitrogens with zero attached hydrogens (tertiary/aromatic N) is 4. The largest absolute Gasteiger partial charge is 0.508 e. The standard InChI is InChI=1S/C18H21N5O5/c1-9-20-16(22-10-4-3-5-11(24)6-10)13-17(21-9)23(8-19-13)18-15(26)14(25)12(28-18)7-27-2/h3-6,8,12,14-15,18,24-26H,7H2,1-2H3,(H,20,21,22)/t12-,14?,15?,18-/m1/s1. The van der Waals surface area contributed by atoms with E-state index in [-0.39, 0.29) is 12.4 Å². The average Bonchev–Trinajstić information content (AvgIpc) is 3.18. The van der Waals surface area contributed by atoms with Crippen LogP contribution in [0.5, 0.6) is 5.75 Å². The Kier molecular flexibility index (Phi) is 4.85. The zero-order valence-electron chi connectivity index (χ0n) is 15.4. The summed E-state index contributed by atoms with van der Waals surface area (Å²) in [6, 6.07) is 6.63. The number of ether oxygens (including phenoxy) is 2. The first-order chi connectivity index (χ1) is 13.5. The highest BCUT2D eigenvalue weighted by molar-refractivity contribution is 5.85. The molecule has 0 aliphatic carbocycles. The summed E-state index contributed by atoms with van der Waals surface area (Å²) < 4.78 is 12.4. The lowest BCUT2D eigenvalue weighted by atomic mass is 10.1. The summed E-state index contributed by atoms with van der Waals surface area (Å²) in [5.41, 5.74) is 1.56. The van der Waals surface area contributed by atoms with Gasteiger partial charge in [-0.05, 0) is 19.1 Å². The Morgan fingerprint density at radius 3 is 2.82 bits per heavy atom. The van der Waals surface area contributed by atoms with Crippen LogP contribution in [0.1, 0.15) is 12.1 Å². The summed E-state index contributed by atoms with van der Waals surface area (Å²) >= 11 is 0. The monoisotopic (exact) mass is 387 g/mol. The van der Waals surface area contributed by atoms with Crippen molar-refractivity contribution in [3.05, 3.63) is 36.4 Å². The molecular formula is C18H21N5O5. The summed E-state index contributed by atoms with van der Waals surface area (Å²) in [4.78, 5) is 13.2. The van der Waals surface area contributed by atoms with Crippen LogP contribution in [0.3, 0.4) is 0 Å². The highest BCUT2D eigenvalue weighted by Gasteiger charge is 2.44. The number of aliphatic hydroxyl groups excluding tert-OH is 2. The number of fused-ring (bicyclic) bond motifs is 1. The summed E-state index contributed by atoms with van der Waals surface area (Å²) in [5, 5.41) is 33.4. The number of nitrogens with one attached hydrogen (secondary N) is 1. The van der Waals surface area contributed by atoms with Crippen molar-refractivity contribution >= 4 is 22.7 Å². The molecule has 10 heteroatoms. The first-order valence-corrected chi connectivity index (χ1v) is 8.75. The SMILES string of the molecule is COC[C@H]1O[C@@H](n2cnc3c(Nc4cccc(O)c4)nc(C)nc32)C(O)C1O. The summed E-state index contributed by atoms with van der Waals surface area (Å²) in [5.74, 6) is 1.06. The quantitative estimate of drug-likeness (QED) is 0.502. The molecule has 28 heavy (non-hydrogen) atoms. The predicted octanol–water partition coefficient (Wildman–Crippen LogP) is 0.850. The number of aromatic hydroxyl groups is 1. The van der Waals surface area contributed by atoms with E-state index in [9.17, 15) is 15.3 Å².